The summed E-state index contributed by atoms with van der Waals surface area (Å²) in [5.74, 6) is 1.22. The number of anilines is 1. The number of benzene rings is 1. The Labute approximate surface area is 190 Å². The van der Waals surface area contributed by atoms with Crippen LogP contribution < -0.4 is 15.0 Å². The summed E-state index contributed by atoms with van der Waals surface area (Å²) in [6.45, 7) is 8.32. The standard InChI is InChI=1S/C24H36N4O2S/c1-17-6-4-7-18(2)28(17)13-5-12-25-23(29)19-10-14-27(15-11-19)24-26-21-9-8-20(30-3)16-22(21)31-24/h8-9,16-19H,4-7,10-15H2,1-3H3,(H,25,29)/t17-,18+. The van der Waals surface area contributed by atoms with Gasteiger partial charge in [-0.25, -0.2) is 4.98 Å². The molecular weight excluding hydrogens is 408 g/mol. The van der Waals surface area contributed by atoms with Gasteiger partial charge in [0.2, 0.25) is 5.91 Å². The van der Waals surface area contributed by atoms with Crippen molar-refractivity contribution in [2.45, 2.75) is 64.5 Å². The number of hydrogen-bond donors (Lipinski definition) is 1. The second-order valence-corrected chi connectivity index (χ2v) is 10.1. The summed E-state index contributed by atoms with van der Waals surface area (Å²) in [6.07, 6.45) is 6.78. The number of nitrogens with zero attached hydrogens (tertiary/aromatic N) is 3. The van der Waals surface area contributed by atoms with Crippen LogP contribution in [0.4, 0.5) is 5.13 Å². The molecule has 31 heavy (non-hydrogen) atoms. The highest BCUT2D eigenvalue weighted by molar-refractivity contribution is 7.22. The molecule has 0 bridgehead atoms. The Kier molecular flexibility index (Phi) is 7.33. The summed E-state index contributed by atoms with van der Waals surface area (Å²) in [7, 11) is 1.69. The summed E-state index contributed by atoms with van der Waals surface area (Å²) >= 11 is 1.70. The van der Waals surface area contributed by atoms with Gasteiger partial charge >= 0.3 is 0 Å². The van der Waals surface area contributed by atoms with E-state index < -0.39 is 0 Å². The molecule has 1 aromatic carbocycles. The van der Waals surface area contributed by atoms with Gasteiger partial charge in [0, 0.05) is 44.2 Å². The smallest absolute Gasteiger partial charge is 0.223 e. The SMILES string of the molecule is COc1ccc2nc(N3CCC(C(=O)NCCCN4[C@H](C)CCC[C@@H]4C)CC3)sc2c1. The molecule has 2 atom stereocenters. The van der Waals surface area contributed by atoms with Gasteiger partial charge in [-0.15, -0.1) is 0 Å². The van der Waals surface area contributed by atoms with Crippen molar-refractivity contribution in [3.63, 3.8) is 0 Å². The number of ether oxygens (including phenoxy) is 1. The number of amides is 1. The molecule has 2 saturated heterocycles. The number of carbonyl (C=O) groups excluding carboxylic acids is 1. The van der Waals surface area contributed by atoms with Gasteiger partial charge in [-0.1, -0.05) is 17.8 Å². The maximum Gasteiger partial charge on any atom is 0.223 e. The predicted molar refractivity (Wildman–Crippen MR) is 128 cm³/mol. The van der Waals surface area contributed by atoms with E-state index in [0.29, 0.717) is 12.1 Å². The van der Waals surface area contributed by atoms with Gasteiger partial charge in [0.25, 0.3) is 0 Å². The Morgan fingerprint density at radius 3 is 2.65 bits per heavy atom. The molecule has 4 rings (SSSR count). The topological polar surface area (TPSA) is 57.7 Å². The largest absolute Gasteiger partial charge is 0.497 e. The van der Waals surface area contributed by atoms with Crippen LogP contribution in [0.15, 0.2) is 18.2 Å². The van der Waals surface area contributed by atoms with Crippen LogP contribution in [0.25, 0.3) is 10.2 Å². The van der Waals surface area contributed by atoms with E-state index in [1.165, 1.54) is 19.3 Å². The second kappa shape index (κ2) is 10.2. The number of piperidine rings is 2. The molecule has 2 aliphatic heterocycles. The summed E-state index contributed by atoms with van der Waals surface area (Å²) in [6, 6.07) is 7.36. The van der Waals surface area contributed by atoms with Gasteiger partial charge in [0.1, 0.15) is 5.75 Å². The maximum atomic E-state index is 12.7. The number of methoxy groups -OCH3 is 1. The second-order valence-electron chi connectivity index (χ2n) is 9.10. The number of carbonyl (C=O) groups is 1. The third-order valence-corrected chi connectivity index (χ3v) is 8.07. The van der Waals surface area contributed by atoms with Crippen LogP contribution in [-0.2, 0) is 4.79 Å². The number of nitrogens with one attached hydrogen (secondary N) is 1. The molecule has 170 valence electrons. The minimum absolute atomic E-state index is 0.124. The van der Waals surface area contributed by atoms with Crippen molar-refractivity contribution >= 4 is 32.6 Å². The summed E-state index contributed by atoms with van der Waals surface area (Å²) in [4.78, 5) is 22.4. The van der Waals surface area contributed by atoms with Crippen LogP contribution in [0.1, 0.15) is 52.4 Å². The minimum Gasteiger partial charge on any atom is -0.497 e. The van der Waals surface area contributed by atoms with E-state index in [4.69, 9.17) is 9.72 Å². The van der Waals surface area contributed by atoms with E-state index in [1.54, 1.807) is 18.4 Å². The molecule has 0 spiro atoms. The highest BCUT2D eigenvalue weighted by Crippen LogP contribution is 2.33. The van der Waals surface area contributed by atoms with Crippen LogP contribution in [0.3, 0.4) is 0 Å². The van der Waals surface area contributed by atoms with Crippen molar-refractivity contribution in [2.24, 2.45) is 5.92 Å². The normalized spacial score (nSPS) is 23.3. The van der Waals surface area contributed by atoms with Gasteiger partial charge in [-0.3, -0.25) is 9.69 Å². The molecule has 1 aromatic heterocycles. The van der Waals surface area contributed by atoms with E-state index >= 15 is 0 Å². The first-order valence-electron chi connectivity index (χ1n) is 11.8. The van der Waals surface area contributed by atoms with Crippen molar-refractivity contribution < 1.29 is 9.53 Å². The molecule has 1 amide bonds. The molecule has 0 saturated carbocycles. The lowest BCUT2D eigenvalue weighted by molar-refractivity contribution is -0.125. The van der Waals surface area contributed by atoms with E-state index in [9.17, 15) is 4.79 Å². The van der Waals surface area contributed by atoms with E-state index in [0.717, 1.165) is 66.5 Å². The zero-order valence-corrected chi connectivity index (χ0v) is 19.9. The summed E-state index contributed by atoms with van der Waals surface area (Å²) in [5.41, 5.74) is 1.01. The van der Waals surface area contributed by atoms with Gasteiger partial charge in [-0.05, 0) is 64.2 Å². The third kappa shape index (κ3) is 5.32. The summed E-state index contributed by atoms with van der Waals surface area (Å²) in [5, 5.41) is 4.25. The number of likely N-dealkylation sites (tertiary alicyclic amines) is 1. The van der Waals surface area contributed by atoms with E-state index in [2.05, 4.69) is 29.0 Å². The average Bonchev–Trinajstić information content (AvgIpc) is 3.21. The summed E-state index contributed by atoms with van der Waals surface area (Å²) < 4.78 is 6.47. The first-order valence-corrected chi connectivity index (χ1v) is 12.6. The number of hydrogen-bond acceptors (Lipinski definition) is 6. The number of fused-ring (bicyclic) bond motifs is 1. The van der Waals surface area contributed by atoms with Crippen LogP contribution in [0, 0.1) is 5.92 Å². The molecule has 2 aromatic rings. The first kappa shape index (κ1) is 22.3. The molecule has 0 unspecified atom stereocenters. The Morgan fingerprint density at radius 2 is 1.94 bits per heavy atom. The molecule has 2 fully saturated rings. The van der Waals surface area contributed by atoms with Crippen LogP contribution in [-0.4, -0.2) is 61.2 Å². The predicted octanol–water partition coefficient (Wildman–Crippen LogP) is 4.29. The van der Waals surface area contributed by atoms with Crippen molar-refractivity contribution in [3.8, 4) is 5.75 Å². The molecule has 2 aliphatic rings. The Bertz CT molecular complexity index is 868. The fourth-order valence-electron chi connectivity index (χ4n) is 5.02. The van der Waals surface area contributed by atoms with Crippen molar-refractivity contribution in [1.29, 1.82) is 0 Å². The Hall–Kier alpha value is -1.86. The number of rotatable bonds is 7. The lowest BCUT2D eigenvalue weighted by Gasteiger charge is -2.39. The monoisotopic (exact) mass is 444 g/mol. The minimum atomic E-state index is 0.124. The Balaban J connectivity index is 1.21. The Morgan fingerprint density at radius 1 is 1.19 bits per heavy atom. The maximum absolute atomic E-state index is 12.7. The fourth-order valence-corrected chi connectivity index (χ4v) is 6.07. The zero-order valence-electron chi connectivity index (χ0n) is 19.1. The molecule has 7 heteroatoms. The molecular formula is C24H36N4O2S. The lowest BCUT2D eigenvalue weighted by atomic mass is 9.96. The lowest BCUT2D eigenvalue weighted by Crippen LogP contribution is -2.45. The van der Waals surface area contributed by atoms with Gasteiger partial charge < -0.3 is 15.0 Å². The van der Waals surface area contributed by atoms with Crippen molar-refractivity contribution in [1.82, 2.24) is 15.2 Å². The molecule has 0 aliphatic carbocycles. The quantitative estimate of drug-likeness (QED) is 0.646. The third-order valence-electron chi connectivity index (χ3n) is 6.99. The van der Waals surface area contributed by atoms with E-state index in [1.807, 2.05) is 18.2 Å². The molecule has 6 nitrogen and oxygen atoms in total. The number of thiazole rings is 1. The van der Waals surface area contributed by atoms with Crippen LogP contribution in [0.2, 0.25) is 0 Å². The van der Waals surface area contributed by atoms with Crippen LogP contribution in [0.5, 0.6) is 5.75 Å². The molecule has 1 N–H and O–H groups in total. The zero-order chi connectivity index (χ0) is 21.8. The van der Waals surface area contributed by atoms with E-state index in [-0.39, 0.29) is 11.8 Å². The highest BCUT2D eigenvalue weighted by Gasteiger charge is 2.27. The number of aromatic nitrogens is 1. The highest BCUT2D eigenvalue weighted by atomic mass is 32.1. The molecule has 3 heterocycles. The molecule has 0 radical (unpaired) electrons. The van der Waals surface area contributed by atoms with Crippen molar-refractivity contribution in [3.05, 3.63) is 18.2 Å². The first-order chi connectivity index (χ1) is 15.0. The van der Waals surface area contributed by atoms with Crippen molar-refractivity contribution in [2.75, 3.05) is 38.2 Å². The average molecular weight is 445 g/mol. The fraction of sp³-hybridized carbons (Fsp3) is 0.667. The van der Waals surface area contributed by atoms with Crippen LogP contribution >= 0.6 is 11.3 Å². The van der Waals surface area contributed by atoms with Gasteiger partial charge in [-0.2, -0.15) is 0 Å². The van der Waals surface area contributed by atoms with Gasteiger partial charge in [0.05, 0.1) is 17.3 Å². The van der Waals surface area contributed by atoms with Gasteiger partial charge in [0.15, 0.2) is 5.13 Å².